The number of fused-ring (bicyclic) bond motifs is 1. The number of carboxylic acid groups (broad SMARTS) is 1. The predicted molar refractivity (Wildman–Crippen MR) is 133 cm³/mol. The zero-order valence-corrected chi connectivity index (χ0v) is 20.6. The minimum Gasteiger partial charge on any atom is -0.481 e. The third kappa shape index (κ3) is 6.22. The molecule has 1 aromatic carbocycles. The second kappa shape index (κ2) is 10.7. The average Bonchev–Trinajstić information content (AvgIpc) is 3.13. The van der Waals surface area contributed by atoms with Crippen LogP contribution in [0.25, 0.3) is 10.1 Å². The van der Waals surface area contributed by atoms with Gasteiger partial charge < -0.3 is 10.4 Å². The Labute approximate surface area is 196 Å². The number of hydrogen-bond donors (Lipinski definition) is 2. The standard InChI is InChI=1S/C27H37NO3S/c1-18-14-15-24-20(16-18)21(17-32-24)26(31)28-23-12-9-11-22(27(2,3)4)19(23)10-7-5-6-8-13-25(29)30/h5,7,14-17,19,22-23H,6,8-13H2,1-4H3,(H,28,31)(H,29,30)/t19-,22-,23?/m1/s1. The number of aliphatic carboxylic acids is 1. The van der Waals surface area contributed by atoms with E-state index in [-0.39, 0.29) is 23.8 Å². The van der Waals surface area contributed by atoms with Gasteiger partial charge in [-0.2, -0.15) is 0 Å². The number of carbonyl (C=O) groups is 2. The summed E-state index contributed by atoms with van der Waals surface area (Å²) in [5, 5.41) is 15.3. The van der Waals surface area contributed by atoms with Gasteiger partial charge in [-0.3, -0.25) is 9.59 Å². The summed E-state index contributed by atoms with van der Waals surface area (Å²) >= 11 is 1.63. The van der Waals surface area contributed by atoms with Crippen LogP contribution in [-0.2, 0) is 4.79 Å². The Morgan fingerprint density at radius 1 is 1.22 bits per heavy atom. The third-order valence-corrected chi connectivity index (χ3v) is 7.77. The van der Waals surface area contributed by atoms with E-state index in [0.29, 0.717) is 18.3 Å². The number of hydrogen-bond acceptors (Lipinski definition) is 3. The molecule has 1 fully saturated rings. The highest BCUT2D eigenvalue weighted by atomic mass is 32.1. The fourth-order valence-electron chi connectivity index (χ4n) is 5.16. The Bertz CT molecular complexity index is 969. The van der Waals surface area contributed by atoms with Crippen LogP contribution < -0.4 is 5.32 Å². The molecule has 0 spiro atoms. The van der Waals surface area contributed by atoms with E-state index in [2.05, 4.69) is 63.4 Å². The lowest BCUT2D eigenvalue weighted by atomic mass is 9.63. The van der Waals surface area contributed by atoms with Crippen molar-refractivity contribution in [2.45, 2.75) is 78.7 Å². The summed E-state index contributed by atoms with van der Waals surface area (Å²) in [5.41, 5.74) is 2.13. The summed E-state index contributed by atoms with van der Waals surface area (Å²) in [4.78, 5) is 24.0. The Morgan fingerprint density at radius 2 is 2.00 bits per heavy atom. The molecule has 1 unspecified atom stereocenters. The molecule has 3 rings (SSSR count). The van der Waals surface area contributed by atoms with Gasteiger partial charge >= 0.3 is 5.97 Å². The first kappa shape index (κ1) is 24.5. The lowest BCUT2D eigenvalue weighted by Gasteiger charge is -2.45. The number of carbonyl (C=O) groups excluding carboxylic acids is 1. The van der Waals surface area contributed by atoms with Gasteiger partial charge in [-0.05, 0) is 68.4 Å². The highest BCUT2D eigenvalue weighted by Crippen LogP contribution is 2.43. The van der Waals surface area contributed by atoms with Crippen molar-refractivity contribution >= 4 is 33.3 Å². The van der Waals surface area contributed by atoms with E-state index in [1.807, 2.05) is 5.38 Å². The number of allylic oxidation sites excluding steroid dienone is 2. The predicted octanol–water partition coefficient (Wildman–Crippen LogP) is 6.97. The van der Waals surface area contributed by atoms with Crippen molar-refractivity contribution < 1.29 is 14.7 Å². The summed E-state index contributed by atoms with van der Waals surface area (Å²) in [5.74, 6) is 0.219. The number of amides is 1. The summed E-state index contributed by atoms with van der Waals surface area (Å²) in [6.07, 6.45) is 10.2. The first-order valence-corrected chi connectivity index (χ1v) is 12.7. The van der Waals surface area contributed by atoms with Gasteiger partial charge in [0.25, 0.3) is 5.91 Å². The van der Waals surface area contributed by atoms with Gasteiger partial charge in [0.1, 0.15) is 0 Å². The number of unbranched alkanes of at least 4 members (excludes halogenated alkanes) is 1. The molecule has 32 heavy (non-hydrogen) atoms. The second-order valence-electron chi connectivity index (χ2n) is 10.3. The fourth-order valence-corrected chi connectivity index (χ4v) is 6.08. The summed E-state index contributed by atoms with van der Waals surface area (Å²) in [6, 6.07) is 6.45. The molecule has 1 aromatic heterocycles. The van der Waals surface area contributed by atoms with Crippen molar-refractivity contribution in [3.8, 4) is 0 Å². The van der Waals surface area contributed by atoms with Gasteiger partial charge in [-0.15, -0.1) is 11.3 Å². The van der Waals surface area contributed by atoms with Crippen molar-refractivity contribution in [2.75, 3.05) is 0 Å². The molecule has 0 radical (unpaired) electrons. The van der Waals surface area contributed by atoms with Gasteiger partial charge in [-0.25, -0.2) is 0 Å². The fraction of sp³-hybridized carbons (Fsp3) is 0.556. The SMILES string of the molecule is Cc1ccc2scc(C(=O)NC3CCC[C@@H](C(C)(C)C)[C@H]3CC=CCCCC(=O)O)c2c1. The van der Waals surface area contributed by atoms with Crippen LogP contribution in [0.1, 0.15) is 81.6 Å². The number of aryl methyl sites for hydroxylation is 1. The second-order valence-corrected chi connectivity index (χ2v) is 11.2. The van der Waals surface area contributed by atoms with Gasteiger partial charge in [0.15, 0.2) is 0 Å². The van der Waals surface area contributed by atoms with Gasteiger partial charge in [0, 0.05) is 27.9 Å². The lowest BCUT2D eigenvalue weighted by molar-refractivity contribution is -0.137. The average molecular weight is 456 g/mol. The van der Waals surface area contributed by atoms with E-state index in [1.54, 1.807) is 11.3 Å². The Morgan fingerprint density at radius 3 is 2.72 bits per heavy atom. The van der Waals surface area contributed by atoms with E-state index >= 15 is 0 Å². The molecule has 0 aliphatic heterocycles. The summed E-state index contributed by atoms with van der Waals surface area (Å²) in [6.45, 7) is 8.98. The maximum Gasteiger partial charge on any atom is 0.303 e. The van der Waals surface area contributed by atoms with Crippen LogP contribution in [0.2, 0.25) is 0 Å². The smallest absolute Gasteiger partial charge is 0.303 e. The largest absolute Gasteiger partial charge is 0.481 e. The van der Waals surface area contributed by atoms with E-state index < -0.39 is 5.97 Å². The number of carboxylic acids is 1. The number of benzene rings is 1. The molecule has 0 saturated heterocycles. The molecule has 1 aliphatic carbocycles. The molecule has 1 heterocycles. The van der Waals surface area contributed by atoms with Crippen LogP contribution in [0.5, 0.6) is 0 Å². The molecule has 2 N–H and O–H groups in total. The maximum atomic E-state index is 13.3. The first-order valence-electron chi connectivity index (χ1n) is 11.8. The van der Waals surface area contributed by atoms with Crippen LogP contribution in [-0.4, -0.2) is 23.0 Å². The molecule has 1 amide bonds. The van der Waals surface area contributed by atoms with Gasteiger partial charge in [0.2, 0.25) is 0 Å². The minimum absolute atomic E-state index is 0.0387. The molecule has 4 nitrogen and oxygen atoms in total. The molecule has 3 atom stereocenters. The molecule has 2 aromatic rings. The van der Waals surface area contributed by atoms with Crippen LogP contribution in [0.15, 0.2) is 35.7 Å². The van der Waals surface area contributed by atoms with E-state index in [4.69, 9.17) is 5.11 Å². The van der Waals surface area contributed by atoms with Gasteiger partial charge in [0.05, 0.1) is 5.56 Å². The van der Waals surface area contributed by atoms with Crippen molar-refractivity contribution in [1.29, 1.82) is 0 Å². The van der Waals surface area contributed by atoms with Crippen molar-refractivity contribution in [3.63, 3.8) is 0 Å². The highest BCUT2D eigenvalue weighted by molar-refractivity contribution is 7.17. The Kier molecular flexibility index (Phi) is 8.16. The Balaban J connectivity index is 1.74. The molecule has 1 aliphatic rings. The molecule has 174 valence electrons. The van der Waals surface area contributed by atoms with E-state index in [0.717, 1.165) is 41.3 Å². The topological polar surface area (TPSA) is 66.4 Å². The zero-order chi connectivity index (χ0) is 23.3. The van der Waals surface area contributed by atoms with Gasteiger partial charge in [-0.1, -0.05) is 51.0 Å². The minimum atomic E-state index is -0.739. The number of thiophene rings is 1. The summed E-state index contributed by atoms with van der Waals surface area (Å²) in [7, 11) is 0. The zero-order valence-electron chi connectivity index (χ0n) is 19.8. The van der Waals surface area contributed by atoms with Crippen molar-refractivity contribution in [1.82, 2.24) is 5.32 Å². The van der Waals surface area contributed by atoms with Crippen LogP contribution in [0.4, 0.5) is 0 Å². The highest BCUT2D eigenvalue weighted by Gasteiger charge is 2.39. The first-order chi connectivity index (χ1) is 15.2. The molecule has 5 heteroatoms. The third-order valence-electron chi connectivity index (χ3n) is 6.80. The normalized spacial score (nSPS) is 21.8. The monoisotopic (exact) mass is 455 g/mol. The van der Waals surface area contributed by atoms with E-state index in [9.17, 15) is 9.59 Å². The van der Waals surface area contributed by atoms with Crippen molar-refractivity contribution in [2.24, 2.45) is 17.3 Å². The number of nitrogens with one attached hydrogen (secondary N) is 1. The quantitative estimate of drug-likeness (QED) is 0.333. The van der Waals surface area contributed by atoms with E-state index in [1.165, 1.54) is 12.0 Å². The van der Waals surface area contributed by atoms with Crippen LogP contribution >= 0.6 is 11.3 Å². The van der Waals surface area contributed by atoms with Crippen LogP contribution in [0, 0.1) is 24.2 Å². The van der Waals surface area contributed by atoms with Crippen LogP contribution in [0.3, 0.4) is 0 Å². The molecular formula is C27H37NO3S. The summed E-state index contributed by atoms with van der Waals surface area (Å²) < 4.78 is 1.15. The molecular weight excluding hydrogens is 418 g/mol. The van der Waals surface area contributed by atoms with Crippen molar-refractivity contribution in [3.05, 3.63) is 46.9 Å². The molecule has 0 bridgehead atoms. The molecule has 1 saturated carbocycles. The lowest BCUT2D eigenvalue weighted by Crippen LogP contribution is -2.48. The Hall–Kier alpha value is -2.14. The maximum absolute atomic E-state index is 13.3. The number of rotatable bonds is 8.